The van der Waals surface area contributed by atoms with Crippen molar-refractivity contribution < 1.29 is 14.6 Å². The Kier molecular flexibility index (Phi) is 6.26. The van der Waals surface area contributed by atoms with Crippen molar-refractivity contribution in [1.82, 2.24) is 4.90 Å². The normalized spacial score (nSPS) is 17.3. The molecule has 0 radical (unpaired) electrons. The minimum atomic E-state index is -0.526. The van der Waals surface area contributed by atoms with E-state index in [0.29, 0.717) is 6.54 Å². The van der Waals surface area contributed by atoms with E-state index in [2.05, 4.69) is 33.8 Å². The molecule has 0 unspecified atom stereocenters. The summed E-state index contributed by atoms with van der Waals surface area (Å²) < 4.78 is 11.1. The van der Waals surface area contributed by atoms with Crippen LogP contribution in [-0.4, -0.2) is 62.6 Å². The SMILES string of the molecule is C=C1C=Cc2cc(OC[C@@H](O)CN3CCN(c4ccc(OC)cc4)CC3)ccc2N1. The van der Waals surface area contributed by atoms with Gasteiger partial charge in [-0.05, 0) is 48.5 Å². The number of ether oxygens (including phenoxy) is 2. The van der Waals surface area contributed by atoms with Gasteiger partial charge in [0.15, 0.2) is 0 Å². The summed E-state index contributed by atoms with van der Waals surface area (Å²) >= 11 is 0. The second-order valence-electron chi connectivity index (χ2n) is 7.68. The molecule has 0 spiro atoms. The Balaban J connectivity index is 1.22. The first kappa shape index (κ1) is 20.3. The number of hydrogen-bond acceptors (Lipinski definition) is 6. The number of aliphatic hydroxyl groups excluding tert-OH is 1. The Morgan fingerprint density at radius 3 is 2.50 bits per heavy atom. The molecule has 0 amide bonds. The van der Waals surface area contributed by atoms with Gasteiger partial charge in [0.05, 0.1) is 7.11 Å². The lowest BCUT2D eigenvalue weighted by Gasteiger charge is -2.36. The predicted molar refractivity (Wildman–Crippen MR) is 121 cm³/mol. The highest BCUT2D eigenvalue weighted by molar-refractivity contribution is 5.75. The smallest absolute Gasteiger partial charge is 0.120 e. The van der Waals surface area contributed by atoms with Gasteiger partial charge in [0.2, 0.25) is 0 Å². The molecule has 30 heavy (non-hydrogen) atoms. The van der Waals surface area contributed by atoms with Gasteiger partial charge in [0.1, 0.15) is 24.2 Å². The van der Waals surface area contributed by atoms with Gasteiger partial charge in [-0.2, -0.15) is 0 Å². The monoisotopic (exact) mass is 407 g/mol. The van der Waals surface area contributed by atoms with E-state index in [1.165, 1.54) is 5.69 Å². The van der Waals surface area contributed by atoms with E-state index in [1.807, 2.05) is 42.5 Å². The number of nitrogens with one attached hydrogen (secondary N) is 1. The minimum Gasteiger partial charge on any atom is -0.497 e. The summed E-state index contributed by atoms with van der Waals surface area (Å²) in [7, 11) is 1.68. The molecule has 2 aromatic carbocycles. The third-order valence-electron chi connectivity index (χ3n) is 5.50. The highest BCUT2D eigenvalue weighted by atomic mass is 16.5. The molecule has 2 heterocycles. The fourth-order valence-electron chi connectivity index (χ4n) is 3.81. The first-order valence-electron chi connectivity index (χ1n) is 10.3. The molecule has 0 aromatic heterocycles. The highest BCUT2D eigenvalue weighted by Crippen LogP contribution is 2.28. The van der Waals surface area contributed by atoms with E-state index in [4.69, 9.17) is 9.47 Å². The van der Waals surface area contributed by atoms with Crippen LogP contribution in [0.25, 0.3) is 6.08 Å². The number of methoxy groups -OCH3 is 1. The molecule has 2 aliphatic heterocycles. The van der Waals surface area contributed by atoms with E-state index < -0.39 is 6.10 Å². The lowest BCUT2D eigenvalue weighted by molar-refractivity contribution is 0.0663. The lowest BCUT2D eigenvalue weighted by Crippen LogP contribution is -2.49. The molecule has 4 rings (SSSR count). The van der Waals surface area contributed by atoms with Gasteiger partial charge in [-0.3, -0.25) is 4.90 Å². The number of nitrogens with zero attached hydrogens (tertiary/aromatic N) is 2. The largest absolute Gasteiger partial charge is 0.497 e. The number of aliphatic hydroxyl groups is 1. The van der Waals surface area contributed by atoms with Crippen LogP contribution in [0.4, 0.5) is 11.4 Å². The van der Waals surface area contributed by atoms with Gasteiger partial charge in [0, 0.05) is 55.4 Å². The zero-order chi connectivity index (χ0) is 20.9. The Hall–Kier alpha value is -2.96. The quantitative estimate of drug-likeness (QED) is 0.735. The minimum absolute atomic E-state index is 0.279. The van der Waals surface area contributed by atoms with Gasteiger partial charge < -0.3 is 24.8 Å². The number of rotatable bonds is 7. The highest BCUT2D eigenvalue weighted by Gasteiger charge is 2.20. The van der Waals surface area contributed by atoms with Crippen LogP contribution < -0.4 is 19.7 Å². The molecule has 1 saturated heterocycles. The molecule has 2 N–H and O–H groups in total. The van der Waals surface area contributed by atoms with Gasteiger partial charge in [-0.25, -0.2) is 0 Å². The summed E-state index contributed by atoms with van der Waals surface area (Å²) in [5.41, 5.74) is 4.16. The number of anilines is 2. The van der Waals surface area contributed by atoms with Crippen LogP contribution in [0.1, 0.15) is 5.56 Å². The molecule has 6 nitrogen and oxygen atoms in total. The van der Waals surface area contributed by atoms with Crippen molar-refractivity contribution in [3.05, 3.63) is 66.4 Å². The van der Waals surface area contributed by atoms with E-state index in [1.54, 1.807) is 7.11 Å². The molecule has 0 bridgehead atoms. The van der Waals surface area contributed by atoms with Crippen molar-refractivity contribution >= 4 is 17.5 Å². The van der Waals surface area contributed by atoms with Crippen LogP contribution in [0.2, 0.25) is 0 Å². The summed E-state index contributed by atoms with van der Waals surface area (Å²) in [6, 6.07) is 14.0. The summed E-state index contributed by atoms with van der Waals surface area (Å²) in [5.74, 6) is 1.63. The van der Waals surface area contributed by atoms with Crippen molar-refractivity contribution in [2.24, 2.45) is 0 Å². The third-order valence-corrected chi connectivity index (χ3v) is 5.50. The maximum absolute atomic E-state index is 10.4. The Bertz CT molecular complexity index is 902. The average Bonchev–Trinajstić information content (AvgIpc) is 2.78. The molecule has 2 aliphatic rings. The average molecular weight is 408 g/mol. The fourth-order valence-corrected chi connectivity index (χ4v) is 3.81. The van der Waals surface area contributed by atoms with E-state index in [0.717, 1.165) is 54.6 Å². The second kappa shape index (κ2) is 9.24. The molecule has 6 heteroatoms. The zero-order valence-corrected chi connectivity index (χ0v) is 17.4. The molecule has 1 atom stereocenters. The lowest BCUT2D eigenvalue weighted by atomic mass is 10.1. The number of hydrogen-bond donors (Lipinski definition) is 2. The summed E-state index contributed by atoms with van der Waals surface area (Å²) in [5, 5.41) is 13.7. The fraction of sp³-hybridized carbons (Fsp3) is 0.333. The van der Waals surface area contributed by atoms with Gasteiger partial charge >= 0.3 is 0 Å². The van der Waals surface area contributed by atoms with E-state index >= 15 is 0 Å². The molecule has 0 saturated carbocycles. The molecule has 2 aromatic rings. The number of piperazine rings is 1. The Morgan fingerprint density at radius 2 is 1.77 bits per heavy atom. The van der Waals surface area contributed by atoms with Crippen LogP contribution in [0.5, 0.6) is 11.5 Å². The van der Waals surface area contributed by atoms with Crippen LogP contribution in [-0.2, 0) is 0 Å². The number of β-amino-alcohol motifs (C(OH)–C–C–N with tert-alkyl or cyclic N) is 1. The Morgan fingerprint density at radius 1 is 1.03 bits per heavy atom. The summed E-state index contributed by atoms with van der Waals surface area (Å²) in [6.07, 6.45) is 3.42. The molecule has 158 valence electrons. The summed E-state index contributed by atoms with van der Waals surface area (Å²) in [4.78, 5) is 4.65. The van der Waals surface area contributed by atoms with Gasteiger partial charge in [0.25, 0.3) is 0 Å². The van der Waals surface area contributed by atoms with Crippen LogP contribution in [0.3, 0.4) is 0 Å². The topological polar surface area (TPSA) is 57.2 Å². The number of allylic oxidation sites excluding steroid dienone is 1. The maximum Gasteiger partial charge on any atom is 0.120 e. The van der Waals surface area contributed by atoms with Crippen LogP contribution in [0.15, 0.2) is 60.8 Å². The number of fused-ring (bicyclic) bond motifs is 1. The first-order chi connectivity index (χ1) is 14.6. The molecular weight excluding hydrogens is 378 g/mol. The van der Waals surface area contributed by atoms with Crippen molar-refractivity contribution in [2.45, 2.75) is 6.10 Å². The standard InChI is InChI=1S/C24H29N3O3/c1-18-3-4-19-15-23(9-10-24(19)25-18)30-17-21(28)16-26-11-13-27(14-12-26)20-5-7-22(29-2)8-6-20/h3-10,15,21,25,28H,1,11-14,16-17H2,2H3/t21-/m0/s1. The van der Waals surface area contributed by atoms with Crippen LogP contribution >= 0.6 is 0 Å². The molecular formula is C24H29N3O3. The Labute approximate surface area is 178 Å². The van der Waals surface area contributed by atoms with E-state index in [-0.39, 0.29) is 6.61 Å². The van der Waals surface area contributed by atoms with Gasteiger partial charge in [-0.15, -0.1) is 0 Å². The predicted octanol–water partition coefficient (Wildman–Crippen LogP) is 3.21. The van der Waals surface area contributed by atoms with Gasteiger partial charge in [-0.1, -0.05) is 12.7 Å². The van der Waals surface area contributed by atoms with Crippen molar-refractivity contribution in [2.75, 3.05) is 56.7 Å². The second-order valence-corrected chi connectivity index (χ2v) is 7.68. The zero-order valence-electron chi connectivity index (χ0n) is 17.4. The van der Waals surface area contributed by atoms with Crippen molar-refractivity contribution in [3.63, 3.8) is 0 Å². The summed E-state index contributed by atoms with van der Waals surface area (Å²) in [6.45, 7) is 8.51. The van der Waals surface area contributed by atoms with E-state index in [9.17, 15) is 5.11 Å². The maximum atomic E-state index is 10.4. The number of benzene rings is 2. The van der Waals surface area contributed by atoms with Crippen molar-refractivity contribution in [3.8, 4) is 11.5 Å². The third kappa shape index (κ3) is 4.96. The molecule has 0 aliphatic carbocycles. The van der Waals surface area contributed by atoms with Crippen LogP contribution in [0, 0.1) is 0 Å². The molecule has 1 fully saturated rings. The first-order valence-corrected chi connectivity index (χ1v) is 10.3. The van der Waals surface area contributed by atoms with Crippen molar-refractivity contribution in [1.29, 1.82) is 0 Å².